The van der Waals surface area contributed by atoms with Crippen molar-refractivity contribution in [2.75, 3.05) is 39.4 Å². The van der Waals surface area contributed by atoms with Crippen LogP contribution in [0.15, 0.2) is 51.9 Å². The molecule has 1 aromatic carbocycles. The van der Waals surface area contributed by atoms with Gasteiger partial charge in [0.1, 0.15) is 5.76 Å². The largest absolute Gasteiger partial charge is 0.467 e. The van der Waals surface area contributed by atoms with Crippen LogP contribution < -0.4 is 10.9 Å². The average molecular weight is 455 g/mol. The molecular formula is C24H30N4O3S. The zero-order chi connectivity index (χ0) is 22.3. The summed E-state index contributed by atoms with van der Waals surface area (Å²) >= 11 is 5.70. The minimum absolute atomic E-state index is 0.0913. The minimum Gasteiger partial charge on any atom is -0.467 e. The number of H-pyrrole nitrogens is 1. The number of hydrogen-bond acceptors (Lipinski definition) is 5. The first-order valence-corrected chi connectivity index (χ1v) is 11.5. The van der Waals surface area contributed by atoms with E-state index in [-0.39, 0.29) is 5.56 Å². The number of furan rings is 1. The second kappa shape index (κ2) is 10.8. The van der Waals surface area contributed by atoms with Crippen molar-refractivity contribution >= 4 is 28.2 Å². The molecule has 3 aromatic rings. The fraction of sp³-hybridized carbons (Fsp3) is 0.417. The van der Waals surface area contributed by atoms with Gasteiger partial charge in [-0.25, -0.2) is 0 Å². The molecule has 3 heterocycles. The Morgan fingerprint density at radius 1 is 1.22 bits per heavy atom. The average Bonchev–Trinajstić information content (AvgIpc) is 3.31. The Morgan fingerprint density at radius 3 is 2.84 bits per heavy atom. The van der Waals surface area contributed by atoms with Gasteiger partial charge in [-0.15, -0.1) is 0 Å². The molecule has 0 spiro atoms. The van der Waals surface area contributed by atoms with Crippen LogP contribution in [0.4, 0.5) is 0 Å². The van der Waals surface area contributed by atoms with Gasteiger partial charge in [-0.3, -0.25) is 9.69 Å². The van der Waals surface area contributed by atoms with Gasteiger partial charge in [-0.2, -0.15) is 0 Å². The smallest absolute Gasteiger partial charge is 0.253 e. The zero-order valence-electron chi connectivity index (χ0n) is 18.4. The number of benzene rings is 1. The second-order valence-electron chi connectivity index (χ2n) is 8.14. The molecule has 2 N–H and O–H groups in total. The molecule has 4 rings (SSSR count). The summed E-state index contributed by atoms with van der Waals surface area (Å²) in [7, 11) is 0. The number of fused-ring (bicyclic) bond motifs is 1. The van der Waals surface area contributed by atoms with Crippen LogP contribution in [-0.2, 0) is 17.8 Å². The predicted octanol–water partition coefficient (Wildman–Crippen LogP) is 3.03. The van der Waals surface area contributed by atoms with E-state index < -0.39 is 0 Å². The highest BCUT2D eigenvalue weighted by Crippen LogP contribution is 2.17. The summed E-state index contributed by atoms with van der Waals surface area (Å²) in [5.74, 6) is 0.801. The van der Waals surface area contributed by atoms with Crippen molar-refractivity contribution in [2.45, 2.75) is 26.4 Å². The summed E-state index contributed by atoms with van der Waals surface area (Å²) in [6.45, 7) is 8.27. The predicted molar refractivity (Wildman–Crippen MR) is 130 cm³/mol. The van der Waals surface area contributed by atoms with Crippen LogP contribution >= 0.6 is 12.2 Å². The molecule has 0 amide bonds. The Kier molecular flexibility index (Phi) is 7.57. The molecule has 1 saturated heterocycles. The Labute approximate surface area is 193 Å². The van der Waals surface area contributed by atoms with Gasteiger partial charge in [0.15, 0.2) is 5.11 Å². The number of morpholine rings is 1. The SMILES string of the molecule is Cc1cccc2cc(CN(Cc3ccco3)C(=S)NCCCN3CCOCC3)c(=O)[nH]c12. The van der Waals surface area contributed by atoms with Crippen molar-refractivity contribution in [1.29, 1.82) is 0 Å². The molecule has 0 unspecified atom stereocenters. The number of rotatable bonds is 8. The topological polar surface area (TPSA) is 73.7 Å². The van der Waals surface area contributed by atoms with E-state index in [1.165, 1.54) is 0 Å². The summed E-state index contributed by atoms with van der Waals surface area (Å²) < 4.78 is 10.9. The number of pyridine rings is 1. The number of nitrogens with one attached hydrogen (secondary N) is 2. The number of aromatic nitrogens is 1. The second-order valence-corrected chi connectivity index (χ2v) is 8.52. The van der Waals surface area contributed by atoms with E-state index in [0.29, 0.717) is 23.8 Å². The number of hydrogen-bond donors (Lipinski definition) is 2. The van der Waals surface area contributed by atoms with Gasteiger partial charge in [-0.1, -0.05) is 18.2 Å². The number of aryl methyl sites for hydroxylation is 1. The Morgan fingerprint density at radius 2 is 2.06 bits per heavy atom. The highest BCUT2D eigenvalue weighted by Gasteiger charge is 2.16. The molecule has 32 heavy (non-hydrogen) atoms. The number of thiocarbonyl (C=S) groups is 1. The number of nitrogens with zero attached hydrogens (tertiary/aromatic N) is 2. The van der Waals surface area contributed by atoms with Crippen molar-refractivity contribution in [3.05, 3.63) is 69.9 Å². The van der Waals surface area contributed by atoms with Gasteiger partial charge in [0.25, 0.3) is 5.56 Å². The lowest BCUT2D eigenvalue weighted by atomic mass is 10.1. The summed E-state index contributed by atoms with van der Waals surface area (Å²) in [6, 6.07) is 11.7. The Balaban J connectivity index is 1.43. The van der Waals surface area contributed by atoms with Crippen LogP contribution in [0.1, 0.15) is 23.3 Å². The summed E-state index contributed by atoms with van der Waals surface area (Å²) in [4.78, 5) is 20.2. The molecule has 1 aliphatic heterocycles. The molecule has 1 fully saturated rings. The normalized spacial score (nSPS) is 14.5. The third-order valence-electron chi connectivity index (χ3n) is 5.77. The number of aromatic amines is 1. The molecule has 7 nitrogen and oxygen atoms in total. The van der Waals surface area contributed by atoms with Crippen molar-refractivity contribution in [3.8, 4) is 0 Å². The molecule has 8 heteroatoms. The van der Waals surface area contributed by atoms with Gasteiger partial charge in [0.2, 0.25) is 0 Å². The first kappa shape index (κ1) is 22.5. The van der Waals surface area contributed by atoms with E-state index in [0.717, 1.165) is 68.0 Å². The Bertz CT molecular complexity index is 1090. The first-order chi connectivity index (χ1) is 15.6. The summed E-state index contributed by atoms with van der Waals surface area (Å²) in [5.41, 5.74) is 2.51. The first-order valence-electron chi connectivity index (χ1n) is 11.1. The van der Waals surface area contributed by atoms with E-state index in [1.54, 1.807) is 6.26 Å². The number of ether oxygens (including phenoxy) is 1. The Hall–Kier alpha value is -2.68. The van der Waals surface area contributed by atoms with Crippen molar-refractivity contribution in [3.63, 3.8) is 0 Å². The molecule has 1 aliphatic rings. The van der Waals surface area contributed by atoms with Crippen molar-refractivity contribution in [1.82, 2.24) is 20.1 Å². The van der Waals surface area contributed by atoms with Crippen LogP contribution in [-0.4, -0.2) is 59.3 Å². The lowest BCUT2D eigenvalue weighted by Gasteiger charge is -2.27. The summed E-state index contributed by atoms with van der Waals surface area (Å²) in [6.07, 6.45) is 2.64. The molecular weight excluding hydrogens is 424 g/mol. The van der Waals surface area contributed by atoms with Crippen LogP contribution in [0, 0.1) is 6.92 Å². The fourth-order valence-corrected chi connectivity index (χ4v) is 4.21. The van der Waals surface area contributed by atoms with Crippen LogP contribution in [0.5, 0.6) is 0 Å². The van der Waals surface area contributed by atoms with Crippen LogP contribution in [0.2, 0.25) is 0 Å². The van der Waals surface area contributed by atoms with Crippen LogP contribution in [0.25, 0.3) is 10.9 Å². The highest BCUT2D eigenvalue weighted by molar-refractivity contribution is 7.80. The van der Waals surface area contributed by atoms with Crippen molar-refractivity contribution in [2.24, 2.45) is 0 Å². The number of para-hydroxylation sites is 1. The summed E-state index contributed by atoms with van der Waals surface area (Å²) in [5, 5.41) is 5.00. The van der Waals surface area contributed by atoms with Gasteiger partial charge < -0.3 is 24.4 Å². The lowest BCUT2D eigenvalue weighted by Crippen LogP contribution is -2.42. The standard InChI is InChI=1S/C24H30N4O3S/c1-18-5-2-6-19-15-20(23(29)26-22(18)19)16-28(17-21-7-3-12-31-21)24(32)25-8-4-9-27-10-13-30-14-11-27/h2-3,5-7,12,15H,4,8-11,13-14,16-17H2,1H3,(H,25,32)(H,26,29). The van der Waals surface area contributed by atoms with E-state index in [9.17, 15) is 4.79 Å². The molecule has 0 radical (unpaired) electrons. The lowest BCUT2D eigenvalue weighted by molar-refractivity contribution is 0.0376. The van der Waals surface area contributed by atoms with E-state index in [4.69, 9.17) is 21.4 Å². The zero-order valence-corrected chi connectivity index (χ0v) is 19.2. The van der Waals surface area contributed by atoms with E-state index >= 15 is 0 Å². The maximum atomic E-state index is 12.8. The molecule has 0 atom stereocenters. The maximum Gasteiger partial charge on any atom is 0.253 e. The maximum absolute atomic E-state index is 12.8. The monoisotopic (exact) mass is 454 g/mol. The molecule has 2 aromatic heterocycles. The van der Waals surface area contributed by atoms with Gasteiger partial charge in [0.05, 0.1) is 38.1 Å². The van der Waals surface area contributed by atoms with Crippen molar-refractivity contribution < 1.29 is 9.15 Å². The van der Waals surface area contributed by atoms with Gasteiger partial charge in [0, 0.05) is 25.2 Å². The molecule has 0 bridgehead atoms. The van der Waals surface area contributed by atoms with E-state index in [2.05, 4.69) is 15.2 Å². The molecule has 170 valence electrons. The third-order valence-corrected chi connectivity index (χ3v) is 6.17. The minimum atomic E-state index is -0.0913. The van der Waals surface area contributed by atoms with E-state index in [1.807, 2.05) is 48.2 Å². The van der Waals surface area contributed by atoms with Gasteiger partial charge in [-0.05, 0) is 61.3 Å². The molecule has 0 aliphatic carbocycles. The van der Waals surface area contributed by atoms with Gasteiger partial charge >= 0.3 is 0 Å². The highest BCUT2D eigenvalue weighted by atomic mass is 32.1. The fourth-order valence-electron chi connectivity index (χ4n) is 3.98. The third kappa shape index (κ3) is 5.76. The van der Waals surface area contributed by atoms with Crippen LogP contribution in [0.3, 0.4) is 0 Å². The molecule has 0 saturated carbocycles. The quantitative estimate of drug-likeness (QED) is 0.400.